The van der Waals surface area contributed by atoms with Crippen LogP contribution in [0.1, 0.15) is 61.0 Å². The summed E-state index contributed by atoms with van der Waals surface area (Å²) in [6.45, 7) is 4.49. The van der Waals surface area contributed by atoms with Crippen LogP contribution < -0.4 is 31.5 Å². The standard InChI is InChI=1S/C24H25N7O2S.C14H18N2O2.C10H8ClN5S/c1-14-11-20(30-29-14)27-22-21-17(9-10-34-21)25-23(28-22)31-16-7-8-19(31)18(12-16)26-24(32)33-13-15-5-3-2-4-6-15;17-14(18-9-10-4-2-1-3-5-10)16-13-8-11-6-7-12(13)15-11;1-5-4-7(16-15-5)13-9-8-6(2-3-17-8)12-10(11)14-9/h2-6,9-11,16,18-19H,7-8,12-13H2,1H3,(H,26,32)(H2,25,27,28,29,30);1-5,11-13,15H,6-9H2,(H,16,17);2-4H,1H3,(H2,12,13,14,15,16)/t16-,18-,19-;11-,12-,13-;/m00./s1. The Bertz CT molecular complexity index is 3020. The molecule has 4 bridgehead atoms. The average Bonchev–Trinajstić information content (AvgIpc) is 4.22. The maximum atomic E-state index is 12.5. The molecule has 0 saturated carbocycles. The van der Waals surface area contributed by atoms with Gasteiger partial charge in [0, 0.05) is 47.7 Å². The molecule has 0 spiro atoms. The number of carbonyl (C=O) groups excluding carboxylic acids is 2. The lowest BCUT2D eigenvalue weighted by molar-refractivity contribution is 0.133. The van der Waals surface area contributed by atoms with Crippen molar-refractivity contribution in [1.29, 1.82) is 0 Å². The summed E-state index contributed by atoms with van der Waals surface area (Å²) in [6, 6.07) is 28.9. The van der Waals surface area contributed by atoms with E-state index in [9.17, 15) is 9.59 Å². The van der Waals surface area contributed by atoms with Crippen LogP contribution in [-0.2, 0) is 22.7 Å². The van der Waals surface area contributed by atoms with Gasteiger partial charge in [0.2, 0.25) is 11.2 Å². The van der Waals surface area contributed by atoms with E-state index in [0.29, 0.717) is 42.3 Å². The number of nitrogens with zero attached hydrogens (tertiary/aromatic N) is 7. The highest BCUT2D eigenvalue weighted by atomic mass is 35.5. The minimum atomic E-state index is -0.383. The SMILES string of the molecule is Cc1cc(Nc2nc(Cl)nc3ccsc23)n[nH]1.Cc1cc(Nc2nc(N3[C@H]4CC[C@H]3[C@@H](NC(=O)OCc3ccccc3)C4)nc3ccsc23)n[nH]1.O=C(N[C@H]1C[C@@H]2CC[C@@H]1N2)OCc1ccccc1. The van der Waals surface area contributed by atoms with E-state index in [0.717, 1.165) is 86.7 Å². The molecule has 12 rings (SSSR count). The van der Waals surface area contributed by atoms with E-state index in [2.05, 4.69) is 61.8 Å². The number of amides is 2. The number of aromatic amines is 2. The molecule has 0 unspecified atom stereocenters. The predicted molar refractivity (Wildman–Crippen MR) is 269 cm³/mol. The number of benzene rings is 2. The highest BCUT2D eigenvalue weighted by molar-refractivity contribution is 7.18. The summed E-state index contributed by atoms with van der Waals surface area (Å²) in [5.41, 5.74) is 5.68. The molecule has 18 nitrogen and oxygen atoms in total. The number of fused-ring (bicyclic) bond motifs is 6. The van der Waals surface area contributed by atoms with Gasteiger partial charge in [-0.05, 0) is 98.0 Å². The number of hydrogen-bond donors (Lipinski definition) is 7. The topological polar surface area (TPSA) is 225 Å². The van der Waals surface area contributed by atoms with Crippen molar-refractivity contribution in [3.05, 3.63) is 123 Å². The van der Waals surface area contributed by atoms with Crippen LogP contribution in [0.2, 0.25) is 5.28 Å². The monoisotopic (exact) mass is 986 g/mol. The normalized spacial score (nSPS) is 20.8. The van der Waals surface area contributed by atoms with Gasteiger partial charge in [-0.2, -0.15) is 20.2 Å². The van der Waals surface area contributed by atoms with Crippen LogP contribution >= 0.6 is 34.3 Å². The van der Waals surface area contributed by atoms with Gasteiger partial charge in [0.1, 0.15) is 13.2 Å². The quantitative estimate of drug-likeness (QED) is 0.0600. The zero-order valence-electron chi connectivity index (χ0n) is 37.8. The zero-order valence-corrected chi connectivity index (χ0v) is 40.2. The molecule has 10 heterocycles. The molecular formula is C48H51ClN14O4S2. The molecule has 21 heteroatoms. The van der Waals surface area contributed by atoms with Gasteiger partial charge in [0.25, 0.3) is 0 Å². The fraction of sp³-hybridized carbons (Fsp3) is 0.333. The molecule has 2 aromatic carbocycles. The Labute approximate surface area is 410 Å². The lowest BCUT2D eigenvalue weighted by atomic mass is 9.96. The van der Waals surface area contributed by atoms with Crippen molar-refractivity contribution in [2.45, 2.75) is 102 Å². The summed E-state index contributed by atoms with van der Waals surface area (Å²) >= 11 is 9.03. The maximum Gasteiger partial charge on any atom is 0.407 e. The average molecular weight is 988 g/mol. The predicted octanol–water partition coefficient (Wildman–Crippen LogP) is 9.43. The summed E-state index contributed by atoms with van der Waals surface area (Å²) in [7, 11) is 0. The molecule has 7 N–H and O–H groups in total. The lowest BCUT2D eigenvalue weighted by Gasteiger charge is -2.25. The third kappa shape index (κ3) is 11.0. The Kier molecular flexibility index (Phi) is 13.8. The number of halogens is 1. The molecule has 4 fully saturated rings. The molecule has 0 radical (unpaired) electrons. The van der Waals surface area contributed by atoms with Gasteiger partial charge in [0.15, 0.2) is 23.3 Å². The number of anilines is 5. The largest absolute Gasteiger partial charge is 0.445 e. The van der Waals surface area contributed by atoms with Gasteiger partial charge in [-0.3, -0.25) is 10.2 Å². The Morgan fingerprint density at radius 2 is 1.28 bits per heavy atom. The van der Waals surface area contributed by atoms with E-state index >= 15 is 0 Å². The zero-order chi connectivity index (χ0) is 47.3. The molecule has 6 aromatic heterocycles. The van der Waals surface area contributed by atoms with Crippen molar-refractivity contribution in [3.63, 3.8) is 0 Å². The van der Waals surface area contributed by atoms with Crippen LogP contribution in [0.4, 0.5) is 38.8 Å². The lowest BCUT2D eigenvalue weighted by Crippen LogP contribution is -2.44. The number of thiophene rings is 2. The van der Waals surface area contributed by atoms with Crippen LogP contribution in [0, 0.1) is 13.8 Å². The van der Waals surface area contributed by atoms with Crippen LogP contribution in [-0.4, -0.2) is 88.8 Å². The van der Waals surface area contributed by atoms with Gasteiger partial charge < -0.3 is 41.0 Å². The molecule has 4 aliphatic rings. The molecular weight excluding hydrogens is 936 g/mol. The highest BCUT2D eigenvalue weighted by Gasteiger charge is 2.48. The summed E-state index contributed by atoms with van der Waals surface area (Å²) in [5, 5.41) is 34.4. The van der Waals surface area contributed by atoms with Crippen LogP contribution in [0.15, 0.2) is 95.7 Å². The first kappa shape index (κ1) is 45.9. The van der Waals surface area contributed by atoms with Gasteiger partial charge in [-0.25, -0.2) is 19.6 Å². The first-order chi connectivity index (χ1) is 33.7. The molecule has 6 atom stereocenters. The molecule has 4 aliphatic heterocycles. The van der Waals surface area contributed by atoms with Crippen molar-refractivity contribution < 1.29 is 19.1 Å². The number of H-pyrrole nitrogens is 2. The third-order valence-corrected chi connectivity index (χ3v) is 14.6. The number of rotatable bonds is 11. The van der Waals surface area contributed by atoms with Gasteiger partial charge in [0.05, 0.1) is 32.5 Å². The van der Waals surface area contributed by atoms with Gasteiger partial charge >= 0.3 is 12.2 Å². The molecule has 4 saturated heterocycles. The van der Waals surface area contributed by atoms with E-state index in [1.807, 2.05) is 110 Å². The fourth-order valence-corrected chi connectivity index (χ4v) is 11.2. The number of aromatic nitrogens is 8. The van der Waals surface area contributed by atoms with E-state index in [4.69, 9.17) is 31.0 Å². The number of ether oxygens (including phenoxy) is 2. The smallest absolute Gasteiger partial charge is 0.407 e. The minimum absolute atomic E-state index is 0.00851. The number of alkyl carbamates (subject to hydrolysis) is 2. The molecule has 8 aromatic rings. The molecule has 2 amide bonds. The van der Waals surface area contributed by atoms with Crippen LogP contribution in [0.25, 0.3) is 20.4 Å². The van der Waals surface area contributed by atoms with Crippen molar-refractivity contribution in [2.75, 3.05) is 15.5 Å². The first-order valence-electron chi connectivity index (χ1n) is 22.9. The Balaban J connectivity index is 0.000000133. The van der Waals surface area contributed by atoms with Crippen molar-refractivity contribution in [1.82, 2.24) is 56.3 Å². The second kappa shape index (κ2) is 20.8. The fourth-order valence-electron chi connectivity index (χ4n) is 9.45. The third-order valence-electron chi connectivity index (χ3n) is 12.6. The van der Waals surface area contributed by atoms with Crippen LogP contribution in [0.5, 0.6) is 0 Å². The summed E-state index contributed by atoms with van der Waals surface area (Å²) < 4.78 is 12.6. The number of aryl methyl sites for hydroxylation is 2. The summed E-state index contributed by atoms with van der Waals surface area (Å²) in [4.78, 5) is 44.5. The second-order valence-corrected chi connectivity index (χ2v) is 19.6. The number of hydrogen-bond acceptors (Lipinski definition) is 16. The van der Waals surface area contributed by atoms with E-state index < -0.39 is 0 Å². The van der Waals surface area contributed by atoms with E-state index in [1.165, 1.54) is 6.42 Å². The maximum absolute atomic E-state index is 12.5. The number of nitrogens with one attached hydrogen (secondary N) is 7. The molecule has 356 valence electrons. The van der Waals surface area contributed by atoms with Gasteiger partial charge in [-0.1, -0.05) is 60.7 Å². The molecule has 0 aliphatic carbocycles. The van der Waals surface area contributed by atoms with Crippen molar-refractivity contribution in [3.8, 4) is 0 Å². The van der Waals surface area contributed by atoms with Crippen LogP contribution in [0.3, 0.4) is 0 Å². The van der Waals surface area contributed by atoms with Gasteiger partial charge in [-0.15, -0.1) is 22.7 Å². The minimum Gasteiger partial charge on any atom is -0.445 e. The first-order valence-corrected chi connectivity index (χ1v) is 25.0. The second-order valence-electron chi connectivity index (χ2n) is 17.5. The Morgan fingerprint density at radius 1 is 0.696 bits per heavy atom. The summed E-state index contributed by atoms with van der Waals surface area (Å²) in [6.07, 6.45) is 5.65. The van der Waals surface area contributed by atoms with E-state index in [-0.39, 0.29) is 42.2 Å². The highest BCUT2D eigenvalue weighted by Crippen LogP contribution is 2.42. The van der Waals surface area contributed by atoms with Crippen molar-refractivity contribution >= 4 is 96.1 Å². The Hall–Kier alpha value is -6.87. The molecule has 69 heavy (non-hydrogen) atoms. The summed E-state index contributed by atoms with van der Waals surface area (Å²) in [5.74, 6) is 3.56. The number of carbonyl (C=O) groups is 2. The Morgan fingerprint density at radius 3 is 1.83 bits per heavy atom. The van der Waals surface area contributed by atoms with E-state index in [1.54, 1.807) is 22.7 Å². The van der Waals surface area contributed by atoms with Crippen molar-refractivity contribution in [2.24, 2.45) is 0 Å².